The fraction of sp³-hybridized carbons (Fsp3) is 0.346. The number of benzene rings is 1. The lowest BCUT2D eigenvalue weighted by atomic mass is 10.1. The molecule has 0 bridgehead atoms. The van der Waals surface area contributed by atoms with Crippen LogP contribution < -0.4 is 23.7 Å². The minimum atomic E-state index is -0.299. The van der Waals surface area contributed by atoms with Gasteiger partial charge in [0.25, 0.3) is 0 Å². The Morgan fingerprint density at radius 1 is 1.06 bits per heavy atom. The zero-order valence-corrected chi connectivity index (χ0v) is 20.8. The Morgan fingerprint density at radius 2 is 1.94 bits per heavy atom. The second-order valence-electron chi connectivity index (χ2n) is 8.71. The molecule has 10 heteroatoms. The molecule has 36 heavy (non-hydrogen) atoms. The number of likely N-dealkylation sites (N-methyl/N-ethyl adjacent to an activating group) is 1. The van der Waals surface area contributed by atoms with Gasteiger partial charge in [-0.15, -0.1) is 0 Å². The lowest BCUT2D eigenvalue weighted by Crippen LogP contribution is -2.22. The summed E-state index contributed by atoms with van der Waals surface area (Å²) in [6.07, 6.45) is 4.94. The minimum Gasteiger partial charge on any atom is -0.493 e. The van der Waals surface area contributed by atoms with Gasteiger partial charge in [0.1, 0.15) is 24.5 Å². The van der Waals surface area contributed by atoms with Gasteiger partial charge in [0.15, 0.2) is 23.3 Å². The Hall–Kier alpha value is -4.05. The Morgan fingerprint density at radius 3 is 2.69 bits per heavy atom. The standard InChI is InChI=1S/C26H29N5O5/c1-30(2)7-8-34-19-11-20-26(28-13-19)31(16-29-20)14-17-9-21(32-3)25-22(10-17)35-15-23(36-25)18-5-6-24(33-4)27-12-18/h5-6,9-13,16,23H,7-8,14-15H2,1-4H3. The first kappa shape index (κ1) is 23.7. The van der Waals surface area contributed by atoms with Gasteiger partial charge in [-0.1, -0.05) is 0 Å². The number of fused-ring (bicyclic) bond motifs is 2. The summed E-state index contributed by atoms with van der Waals surface area (Å²) in [5.41, 5.74) is 3.42. The van der Waals surface area contributed by atoms with Crippen LogP contribution in [0.1, 0.15) is 17.2 Å². The number of rotatable bonds is 9. The molecule has 1 unspecified atom stereocenters. The molecule has 1 aromatic carbocycles. The number of methoxy groups -OCH3 is 2. The van der Waals surface area contributed by atoms with Crippen molar-refractivity contribution in [3.63, 3.8) is 0 Å². The molecule has 10 nitrogen and oxygen atoms in total. The van der Waals surface area contributed by atoms with Crippen LogP contribution in [-0.4, -0.2) is 72.5 Å². The molecule has 1 aliphatic heterocycles. The summed E-state index contributed by atoms with van der Waals surface area (Å²) in [5.74, 6) is 3.06. The topological polar surface area (TPSA) is 93.0 Å². The molecule has 0 saturated heterocycles. The van der Waals surface area contributed by atoms with Crippen LogP contribution in [0.15, 0.2) is 49.1 Å². The van der Waals surface area contributed by atoms with Crippen molar-refractivity contribution in [2.45, 2.75) is 12.6 Å². The van der Waals surface area contributed by atoms with E-state index in [0.29, 0.717) is 48.6 Å². The van der Waals surface area contributed by atoms with Crippen LogP contribution in [0.5, 0.6) is 28.9 Å². The van der Waals surface area contributed by atoms with E-state index >= 15 is 0 Å². The molecule has 188 valence electrons. The van der Waals surface area contributed by atoms with Crippen LogP contribution in [0.25, 0.3) is 11.2 Å². The summed E-state index contributed by atoms with van der Waals surface area (Å²) in [7, 11) is 7.22. The predicted molar refractivity (Wildman–Crippen MR) is 133 cm³/mol. The number of ether oxygens (including phenoxy) is 5. The second kappa shape index (κ2) is 10.3. The number of aromatic nitrogens is 4. The molecule has 0 aliphatic carbocycles. The zero-order valence-electron chi connectivity index (χ0n) is 20.8. The van der Waals surface area contributed by atoms with Gasteiger partial charge in [-0.05, 0) is 37.9 Å². The van der Waals surface area contributed by atoms with Crippen molar-refractivity contribution in [3.05, 3.63) is 60.2 Å². The minimum absolute atomic E-state index is 0.299. The number of nitrogens with zero attached hydrogens (tertiary/aromatic N) is 5. The molecule has 4 aromatic rings. The van der Waals surface area contributed by atoms with Gasteiger partial charge in [0.2, 0.25) is 11.6 Å². The molecule has 0 N–H and O–H groups in total. The van der Waals surface area contributed by atoms with E-state index in [1.807, 2.05) is 42.9 Å². The largest absolute Gasteiger partial charge is 0.493 e. The summed E-state index contributed by atoms with van der Waals surface area (Å²) in [6.45, 7) is 2.33. The van der Waals surface area contributed by atoms with Gasteiger partial charge < -0.3 is 33.2 Å². The van der Waals surface area contributed by atoms with Crippen LogP contribution in [0, 0.1) is 0 Å². The molecule has 3 aromatic heterocycles. The first-order chi connectivity index (χ1) is 17.5. The predicted octanol–water partition coefficient (Wildman–Crippen LogP) is 3.34. The fourth-order valence-electron chi connectivity index (χ4n) is 3.97. The Kier molecular flexibility index (Phi) is 6.77. The van der Waals surface area contributed by atoms with Crippen molar-refractivity contribution in [1.29, 1.82) is 0 Å². The Labute approximate surface area is 209 Å². The van der Waals surface area contributed by atoms with E-state index in [2.05, 4.69) is 19.9 Å². The van der Waals surface area contributed by atoms with E-state index in [1.54, 1.807) is 39.0 Å². The van der Waals surface area contributed by atoms with E-state index in [1.165, 1.54) is 0 Å². The molecule has 4 heterocycles. The highest BCUT2D eigenvalue weighted by atomic mass is 16.6. The maximum Gasteiger partial charge on any atom is 0.212 e. The summed E-state index contributed by atoms with van der Waals surface area (Å²) >= 11 is 0. The molecule has 0 amide bonds. The molecule has 0 spiro atoms. The summed E-state index contributed by atoms with van der Waals surface area (Å²) in [5, 5.41) is 0. The molecular formula is C26H29N5O5. The van der Waals surface area contributed by atoms with Crippen LogP contribution in [0.4, 0.5) is 0 Å². The molecule has 0 saturated carbocycles. The molecule has 0 fully saturated rings. The van der Waals surface area contributed by atoms with E-state index in [-0.39, 0.29) is 6.10 Å². The molecule has 1 aliphatic rings. The van der Waals surface area contributed by atoms with Crippen molar-refractivity contribution in [3.8, 4) is 28.9 Å². The third kappa shape index (κ3) is 4.99. The average molecular weight is 492 g/mol. The van der Waals surface area contributed by atoms with E-state index in [4.69, 9.17) is 23.7 Å². The van der Waals surface area contributed by atoms with Gasteiger partial charge in [0.05, 0.1) is 33.3 Å². The molecule has 0 radical (unpaired) electrons. The third-order valence-electron chi connectivity index (χ3n) is 5.88. The van der Waals surface area contributed by atoms with Gasteiger partial charge in [0, 0.05) is 30.4 Å². The van der Waals surface area contributed by atoms with Crippen molar-refractivity contribution in [2.75, 3.05) is 48.1 Å². The third-order valence-corrected chi connectivity index (χ3v) is 5.88. The van der Waals surface area contributed by atoms with Crippen molar-refractivity contribution in [2.24, 2.45) is 0 Å². The quantitative estimate of drug-likeness (QED) is 0.349. The van der Waals surface area contributed by atoms with Crippen LogP contribution in [0.2, 0.25) is 0 Å². The van der Waals surface area contributed by atoms with Crippen LogP contribution >= 0.6 is 0 Å². The number of hydrogen-bond acceptors (Lipinski definition) is 9. The average Bonchev–Trinajstić information content (AvgIpc) is 3.29. The Balaban J connectivity index is 1.33. The Bertz CT molecular complexity index is 1320. The summed E-state index contributed by atoms with van der Waals surface area (Å²) in [4.78, 5) is 15.4. The van der Waals surface area contributed by atoms with Gasteiger partial charge in [-0.2, -0.15) is 0 Å². The normalized spacial score (nSPS) is 14.8. The van der Waals surface area contributed by atoms with E-state index < -0.39 is 0 Å². The van der Waals surface area contributed by atoms with Gasteiger partial charge >= 0.3 is 0 Å². The van der Waals surface area contributed by atoms with Crippen molar-refractivity contribution < 1.29 is 23.7 Å². The first-order valence-electron chi connectivity index (χ1n) is 11.6. The van der Waals surface area contributed by atoms with Crippen molar-refractivity contribution in [1.82, 2.24) is 24.4 Å². The van der Waals surface area contributed by atoms with Gasteiger partial charge in [-0.25, -0.2) is 15.0 Å². The highest BCUT2D eigenvalue weighted by molar-refractivity contribution is 5.72. The lowest BCUT2D eigenvalue weighted by Gasteiger charge is -2.28. The molecular weight excluding hydrogens is 462 g/mol. The van der Waals surface area contributed by atoms with Gasteiger partial charge in [-0.3, -0.25) is 0 Å². The lowest BCUT2D eigenvalue weighted by molar-refractivity contribution is 0.0867. The maximum atomic E-state index is 6.25. The van der Waals surface area contributed by atoms with E-state index in [9.17, 15) is 0 Å². The SMILES string of the molecule is COc1ccc(C2COc3cc(Cn4cnc5cc(OCCN(C)C)cnc54)cc(OC)c3O2)cn1. The second-order valence-corrected chi connectivity index (χ2v) is 8.71. The van der Waals surface area contributed by atoms with Crippen LogP contribution in [0.3, 0.4) is 0 Å². The first-order valence-corrected chi connectivity index (χ1v) is 11.6. The highest BCUT2D eigenvalue weighted by Crippen LogP contribution is 2.44. The maximum absolute atomic E-state index is 6.25. The van der Waals surface area contributed by atoms with Crippen molar-refractivity contribution >= 4 is 11.2 Å². The fourth-order valence-corrected chi connectivity index (χ4v) is 3.97. The smallest absolute Gasteiger partial charge is 0.212 e. The summed E-state index contributed by atoms with van der Waals surface area (Å²) in [6, 6.07) is 9.54. The van der Waals surface area contributed by atoms with E-state index in [0.717, 1.165) is 28.8 Å². The number of pyridine rings is 2. The number of imidazole rings is 1. The molecule has 5 rings (SSSR count). The monoisotopic (exact) mass is 491 g/mol. The number of hydrogen-bond donors (Lipinski definition) is 0. The zero-order chi connectivity index (χ0) is 25.1. The highest BCUT2D eigenvalue weighted by Gasteiger charge is 2.27. The van der Waals surface area contributed by atoms with Crippen LogP contribution in [-0.2, 0) is 6.54 Å². The molecule has 1 atom stereocenters. The summed E-state index contributed by atoms with van der Waals surface area (Å²) < 4.78 is 30.9.